The third-order valence-electron chi connectivity index (χ3n) is 6.02. The predicted octanol–water partition coefficient (Wildman–Crippen LogP) is 5.78. The van der Waals surface area contributed by atoms with Gasteiger partial charge in [-0.2, -0.15) is 0 Å². The summed E-state index contributed by atoms with van der Waals surface area (Å²) >= 11 is 0. The lowest BCUT2D eigenvalue weighted by Crippen LogP contribution is -2.36. The zero-order valence-electron chi connectivity index (χ0n) is 17.3. The molecule has 156 valence electrons. The molecule has 30 heavy (non-hydrogen) atoms. The largest absolute Gasteiger partial charge is 0.345 e. The zero-order valence-corrected chi connectivity index (χ0v) is 17.3. The van der Waals surface area contributed by atoms with Crippen molar-refractivity contribution in [2.24, 2.45) is 5.92 Å². The predicted molar refractivity (Wildman–Crippen MR) is 117 cm³/mol. The molecule has 0 N–H and O–H groups in total. The van der Waals surface area contributed by atoms with E-state index in [1.807, 2.05) is 47.5 Å². The number of rotatable bonds is 7. The van der Waals surface area contributed by atoms with Crippen molar-refractivity contribution < 1.29 is 9.18 Å². The highest BCUT2D eigenvalue weighted by Crippen LogP contribution is 2.27. The molecule has 0 aliphatic heterocycles. The fourth-order valence-corrected chi connectivity index (χ4v) is 4.35. The van der Waals surface area contributed by atoms with Gasteiger partial charge in [-0.1, -0.05) is 61.7 Å². The molecule has 1 aliphatic carbocycles. The topological polar surface area (TPSA) is 25.2 Å². The molecule has 3 nitrogen and oxygen atoms in total. The smallest absolute Gasteiger partial charge is 0.226 e. The first-order valence-corrected chi connectivity index (χ1v) is 10.9. The highest BCUT2D eigenvalue weighted by Gasteiger charge is 2.26. The summed E-state index contributed by atoms with van der Waals surface area (Å²) in [5.74, 6) is 0.189. The Morgan fingerprint density at radius 1 is 0.867 bits per heavy atom. The summed E-state index contributed by atoms with van der Waals surface area (Å²) in [5.41, 5.74) is 3.29. The lowest BCUT2D eigenvalue weighted by atomic mass is 9.88. The monoisotopic (exact) mass is 404 g/mol. The second-order valence-corrected chi connectivity index (χ2v) is 8.27. The fourth-order valence-electron chi connectivity index (χ4n) is 4.35. The van der Waals surface area contributed by atoms with Gasteiger partial charge < -0.3 is 9.47 Å². The van der Waals surface area contributed by atoms with E-state index in [-0.39, 0.29) is 17.6 Å². The summed E-state index contributed by atoms with van der Waals surface area (Å²) in [6.07, 6.45) is 7.57. The van der Waals surface area contributed by atoms with Gasteiger partial charge in [-0.25, -0.2) is 4.39 Å². The molecule has 3 aromatic rings. The van der Waals surface area contributed by atoms with Crippen LogP contribution in [-0.4, -0.2) is 15.4 Å². The first-order chi connectivity index (χ1) is 14.7. The molecule has 0 saturated heterocycles. The van der Waals surface area contributed by atoms with E-state index in [0.717, 1.165) is 42.5 Å². The minimum absolute atomic E-state index is 0.142. The zero-order chi connectivity index (χ0) is 20.8. The lowest BCUT2D eigenvalue weighted by Gasteiger charge is -2.30. The van der Waals surface area contributed by atoms with Gasteiger partial charge in [-0.3, -0.25) is 4.79 Å². The van der Waals surface area contributed by atoms with Gasteiger partial charge in [0.05, 0.1) is 6.54 Å². The average Bonchev–Trinajstić information content (AvgIpc) is 3.22. The Labute approximate surface area is 178 Å². The fraction of sp³-hybridized carbons (Fsp3) is 0.346. The van der Waals surface area contributed by atoms with Crippen LogP contribution in [0.3, 0.4) is 0 Å². The molecule has 0 atom stereocenters. The number of hydrogen-bond donors (Lipinski definition) is 0. The van der Waals surface area contributed by atoms with Crippen molar-refractivity contribution >= 4 is 5.91 Å². The Bertz CT molecular complexity index is 943. The third kappa shape index (κ3) is 5.18. The van der Waals surface area contributed by atoms with E-state index in [4.69, 9.17) is 0 Å². The van der Waals surface area contributed by atoms with Crippen LogP contribution in [-0.2, 0) is 24.4 Å². The van der Waals surface area contributed by atoms with Gasteiger partial charge >= 0.3 is 0 Å². The lowest BCUT2D eigenvalue weighted by molar-refractivity contribution is -0.138. The van der Waals surface area contributed by atoms with E-state index in [0.29, 0.717) is 19.6 Å². The van der Waals surface area contributed by atoms with Crippen molar-refractivity contribution in [1.82, 2.24) is 9.47 Å². The second kappa shape index (κ2) is 9.75. The summed E-state index contributed by atoms with van der Waals surface area (Å²) in [7, 11) is 0. The van der Waals surface area contributed by atoms with Crippen LogP contribution in [0.2, 0.25) is 0 Å². The van der Waals surface area contributed by atoms with Gasteiger partial charge in [0.15, 0.2) is 0 Å². The highest BCUT2D eigenvalue weighted by molar-refractivity contribution is 5.79. The summed E-state index contributed by atoms with van der Waals surface area (Å²) < 4.78 is 15.4. The first kappa shape index (κ1) is 20.4. The molecule has 1 heterocycles. The first-order valence-electron chi connectivity index (χ1n) is 10.9. The third-order valence-corrected chi connectivity index (χ3v) is 6.02. The van der Waals surface area contributed by atoms with Gasteiger partial charge in [0.25, 0.3) is 0 Å². The van der Waals surface area contributed by atoms with Gasteiger partial charge in [-0.05, 0) is 48.2 Å². The van der Waals surface area contributed by atoms with Crippen molar-refractivity contribution in [2.75, 3.05) is 0 Å². The van der Waals surface area contributed by atoms with E-state index < -0.39 is 0 Å². The maximum atomic E-state index is 13.4. The molecule has 4 heteroatoms. The molecule has 2 aromatic carbocycles. The number of carbonyl (C=O) groups excluding carboxylic acids is 1. The maximum Gasteiger partial charge on any atom is 0.226 e. The van der Waals surface area contributed by atoms with E-state index in [9.17, 15) is 9.18 Å². The Balaban J connectivity index is 1.53. The summed E-state index contributed by atoms with van der Waals surface area (Å²) in [6, 6.07) is 20.9. The molecule has 1 aliphatic rings. The number of halogens is 1. The Morgan fingerprint density at radius 2 is 1.60 bits per heavy atom. The Morgan fingerprint density at radius 3 is 2.33 bits per heavy atom. The van der Waals surface area contributed by atoms with Crippen LogP contribution < -0.4 is 0 Å². The summed E-state index contributed by atoms with van der Waals surface area (Å²) in [4.78, 5) is 15.4. The number of aromatic nitrogens is 1. The standard InChI is InChI=1S/C26H29FN2O/c27-24-15-13-22(14-16-24)18-28-17-7-12-25(28)20-29(19-21-8-3-1-4-9-21)26(30)23-10-5-2-6-11-23/h1,3-4,7-9,12-17,23H,2,5-6,10-11,18-20H2. The normalized spacial score (nSPS) is 14.6. The van der Waals surface area contributed by atoms with Crippen LogP contribution >= 0.6 is 0 Å². The molecule has 0 bridgehead atoms. The molecule has 0 unspecified atom stereocenters. The van der Waals surface area contributed by atoms with Crippen molar-refractivity contribution in [3.63, 3.8) is 0 Å². The maximum absolute atomic E-state index is 13.4. The number of nitrogens with zero attached hydrogens (tertiary/aromatic N) is 2. The van der Waals surface area contributed by atoms with E-state index >= 15 is 0 Å². The minimum atomic E-state index is -0.224. The van der Waals surface area contributed by atoms with Gasteiger partial charge in [0.1, 0.15) is 5.82 Å². The van der Waals surface area contributed by atoms with Crippen LogP contribution in [0.5, 0.6) is 0 Å². The van der Waals surface area contributed by atoms with Crippen LogP contribution in [0.1, 0.15) is 48.9 Å². The highest BCUT2D eigenvalue weighted by atomic mass is 19.1. The van der Waals surface area contributed by atoms with Gasteiger partial charge in [-0.15, -0.1) is 0 Å². The van der Waals surface area contributed by atoms with Crippen molar-refractivity contribution in [3.05, 3.63) is 95.6 Å². The minimum Gasteiger partial charge on any atom is -0.345 e. The van der Waals surface area contributed by atoms with Crippen molar-refractivity contribution in [3.8, 4) is 0 Å². The second-order valence-electron chi connectivity index (χ2n) is 8.27. The molecular formula is C26H29FN2O. The molecular weight excluding hydrogens is 375 g/mol. The molecule has 1 aromatic heterocycles. The quantitative estimate of drug-likeness (QED) is 0.490. The molecule has 0 spiro atoms. The van der Waals surface area contributed by atoms with Crippen molar-refractivity contribution in [1.29, 1.82) is 0 Å². The van der Waals surface area contributed by atoms with E-state index in [1.54, 1.807) is 0 Å². The Hall–Kier alpha value is -2.88. The van der Waals surface area contributed by atoms with Crippen molar-refractivity contribution in [2.45, 2.75) is 51.7 Å². The SMILES string of the molecule is O=C(C1CCCCC1)N(Cc1ccccc1)Cc1cccn1Cc1ccc(F)cc1. The molecule has 0 radical (unpaired) electrons. The molecule has 4 rings (SSSR count). The summed E-state index contributed by atoms with van der Waals surface area (Å²) in [5, 5.41) is 0. The molecule has 1 amide bonds. The number of amides is 1. The van der Waals surface area contributed by atoms with Crippen LogP contribution in [0.4, 0.5) is 4.39 Å². The average molecular weight is 405 g/mol. The van der Waals surface area contributed by atoms with Gasteiger partial charge in [0, 0.05) is 30.9 Å². The van der Waals surface area contributed by atoms with Crippen LogP contribution in [0, 0.1) is 11.7 Å². The molecule has 1 fully saturated rings. The Kier molecular flexibility index (Phi) is 6.63. The molecule has 1 saturated carbocycles. The van der Waals surface area contributed by atoms with Gasteiger partial charge in [0.2, 0.25) is 5.91 Å². The van der Waals surface area contributed by atoms with E-state index in [1.165, 1.54) is 18.6 Å². The van der Waals surface area contributed by atoms with E-state index in [2.05, 4.69) is 22.8 Å². The number of hydrogen-bond acceptors (Lipinski definition) is 1. The number of carbonyl (C=O) groups is 1. The summed E-state index contributed by atoms with van der Waals surface area (Å²) in [6.45, 7) is 1.87. The van der Waals surface area contributed by atoms with Crippen LogP contribution in [0.25, 0.3) is 0 Å². The van der Waals surface area contributed by atoms with Crippen LogP contribution in [0.15, 0.2) is 72.9 Å². The number of benzene rings is 2.